The first kappa shape index (κ1) is 12.1. The van der Waals surface area contributed by atoms with Crippen LogP contribution in [-0.4, -0.2) is 19.7 Å². The van der Waals surface area contributed by atoms with E-state index in [1.54, 1.807) is 18.2 Å². The van der Waals surface area contributed by atoms with Gasteiger partial charge in [0.15, 0.2) is 0 Å². The maximum absolute atomic E-state index is 11.3. The summed E-state index contributed by atoms with van der Waals surface area (Å²) in [5.74, 6) is -0.314. The fourth-order valence-electron chi connectivity index (χ4n) is 1.73. The van der Waals surface area contributed by atoms with Gasteiger partial charge in [0, 0.05) is 5.56 Å². The average Bonchev–Trinajstić information content (AvgIpc) is 2.86. The summed E-state index contributed by atoms with van der Waals surface area (Å²) in [6.45, 7) is 0.335. The summed E-state index contributed by atoms with van der Waals surface area (Å²) < 4.78 is 4.63. The maximum Gasteiger partial charge on any atom is 0.309 e. The summed E-state index contributed by atoms with van der Waals surface area (Å²) in [6, 6.07) is 9.19. The lowest BCUT2D eigenvalue weighted by molar-refractivity contribution is -0.139. The number of carbonyl (C=O) groups is 1. The van der Waals surface area contributed by atoms with Gasteiger partial charge in [-0.3, -0.25) is 15.1 Å². The van der Waals surface area contributed by atoms with Crippen LogP contribution < -0.4 is 5.48 Å². The average molecular weight is 244 g/mol. The zero-order chi connectivity index (χ0) is 13.0. The molecule has 0 aliphatic carbocycles. The van der Waals surface area contributed by atoms with Gasteiger partial charge < -0.3 is 4.74 Å². The van der Waals surface area contributed by atoms with Crippen molar-refractivity contribution in [3.05, 3.63) is 41.0 Å². The van der Waals surface area contributed by atoms with E-state index in [1.165, 1.54) is 7.11 Å². The quantitative estimate of drug-likeness (QED) is 0.813. The predicted octanol–water partition coefficient (Wildman–Crippen LogP) is 1.37. The third-order valence-corrected chi connectivity index (χ3v) is 2.64. The van der Waals surface area contributed by atoms with Crippen LogP contribution in [0.3, 0.4) is 0 Å². The van der Waals surface area contributed by atoms with Gasteiger partial charge in [0.05, 0.1) is 37.5 Å². The number of carbonyl (C=O) groups excluding carboxylic acids is 1. The highest BCUT2D eigenvalue weighted by molar-refractivity contribution is 5.78. The molecule has 0 amide bonds. The standard InChI is InChI=1S/C13H12N2O3/c1-17-12(16)6-11-8-18-15-13(11)10-4-2-3-9(5-10)7-14/h2-5,15H,6,8H2,1H3. The summed E-state index contributed by atoms with van der Waals surface area (Å²) in [5.41, 5.74) is 5.70. The van der Waals surface area contributed by atoms with Crippen LogP contribution >= 0.6 is 0 Å². The number of ether oxygens (including phenoxy) is 1. The Bertz CT molecular complexity index is 543. The van der Waals surface area contributed by atoms with Crippen molar-refractivity contribution in [1.29, 1.82) is 5.26 Å². The van der Waals surface area contributed by atoms with Gasteiger partial charge in [0.2, 0.25) is 0 Å². The summed E-state index contributed by atoms with van der Waals surface area (Å²) in [5, 5.41) is 8.86. The van der Waals surface area contributed by atoms with E-state index in [0.717, 1.165) is 16.8 Å². The molecule has 0 fully saturated rings. The SMILES string of the molecule is COC(=O)CC1=C(c2cccc(C#N)c2)NOC1. The first-order valence-corrected chi connectivity index (χ1v) is 5.41. The molecule has 0 bridgehead atoms. The van der Waals surface area contributed by atoms with Gasteiger partial charge in [-0.05, 0) is 17.7 Å². The third-order valence-electron chi connectivity index (χ3n) is 2.64. The maximum atomic E-state index is 11.3. The molecule has 0 unspecified atom stereocenters. The topological polar surface area (TPSA) is 71.4 Å². The lowest BCUT2D eigenvalue weighted by atomic mass is 10.0. The van der Waals surface area contributed by atoms with E-state index < -0.39 is 0 Å². The zero-order valence-corrected chi connectivity index (χ0v) is 9.90. The zero-order valence-electron chi connectivity index (χ0n) is 9.90. The van der Waals surface area contributed by atoms with Crippen molar-refractivity contribution in [2.45, 2.75) is 6.42 Å². The third kappa shape index (κ3) is 2.50. The van der Waals surface area contributed by atoms with Gasteiger partial charge in [-0.25, -0.2) is 0 Å². The molecule has 0 spiro atoms. The van der Waals surface area contributed by atoms with Crippen molar-refractivity contribution >= 4 is 11.7 Å². The molecule has 1 heterocycles. The number of methoxy groups -OCH3 is 1. The molecule has 0 saturated carbocycles. The van der Waals surface area contributed by atoms with E-state index in [2.05, 4.69) is 16.3 Å². The second-order valence-electron chi connectivity index (χ2n) is 3.81. The van der Waals surface area contributed by atoms with Gasteiger partial charge in [-0.1, -0.05) is 12.1 Å². The second-order valence-corrected chi connectivity index (χ2v) is 3.81. The summed E-state index contributed by atoms with van der Waals surface area (Å²) >= 11 is 0. The number of esters is 1. The first-order valence-electron chi connectivity index (χ1n) is 5.41. The number of nitrogens with zero attached hydrogens (tertiary/aromatic N) is 1. The van der Waals surface area contributed by atoms with Gasteiger partial charge in [-0.15, -0.1) is 0 Å². The van der Waals surface area contributed by atoms with Crippen molar-refractivity contribution in [2.75, 3.05) is 13.7 Å². The van der Waals surface area contributed by atoms with Crippen LogP contribution in [0.25, 0.3) is 5.70 Å². The van der Waals surface area contributed by atoms with E-state index in [1.807, 2.05) is 6.07 Å². The number of hydrogen-bond donors (Lipinski definition) is 1. The summed E-state index contributed by atoms with van der Waals surface area (Å²) in [4.78, 5) is 16.4. The van der Waals surface area contributed by atoms with Crippen molar-refractivity contribution in [2.24, 2.45) is 0 Å². The van der Waals surface area contributed by atoms with Crippen LogP contribution in [0.2, 0.25) is 0 Å². The van der Waals surface area contributed by atoms with E-state index in [9.17, 15) is 4.79 Å². The van der Waals surface area contributed by atoms with Gasteiger partial charge >= 0.3 is 5.97 Å². The molecule has 1 aromatic rings. The van der Waals surface area contributed by atoms with E-state index >= 15 is 0 Å². The Hall–Kier alpha value is -2.32. The fraction of sp³-hybridized carbons (Fsp3) is 0.231. The number of benzene rings is 1. The Morgan fingerprint density at radius 1 is 1.61 bits per heavy atom. The Balaban J connectivity index is 2.32. The molecule has 92 valence electrons. The van der Waals surface area contributed by atoms with Crippen LogP contribution in [0.15, 0.2) is 29.8 Å². The van der Waals surface area contributed by atoms with Gasteiger partial charge in [0.25, 0.3) is 0 Å². The Morgan fingerprint density at radius 3 is 3.17 bits per heavy atom. The second kappa shape index (κ2) is 5.34. The van der Waals surface area contributed by atoms with Crippen molar-refractivity contribution < 1.29 is 14.4 Å². The lowest BCUT2D eigenvalue weighted by Gasteiger charge is -2.05. The molecular weight excluding hydrogens is 232 g/mol. The minimum absolute atomic E-state index is 0.176. The minimum Gasteiger partial charge on any atom is -0.469 e. The molecule has 1 aliphatic rings. The molecule has 1 aliphatic heterocycles. The van der Waals surface area contributed by atoms with E-state index in [-0.39, 0.29) is 12.4 Å². The smallest absolute Gasteiger partial charge is 0.309 e. The minimum atomic E-state index is -0.314. The van der Waals surface area contributed by atoms with Crippen LogP contribution in [0.4, 0.5) is 0 Å². The Labute approximate surface area is 105 Å². The Morgan fingerprint density at radius 2 is 2.44 bits per heavy atom. The molecular formula is C13H12N2O3. The highest BCUT2D eigenvalue weighted by atomic mass is 16.6. The molecule has 0 aromatic heterocycles. The van der Waals surface area contributed by atoms with Crippen molar-refractivity contribution in [3.63, 3.8) is 0 Å². The molecule has 0 saturated heterocycles. The predicted molar refractivity (Wildman–Crippen MR) is 63.8 cm³/mol. The highest BCUT2D eigenvalue weighted by Crippen LogP contribution is 2.24. The van der Waals surface area contributed by atoms with E-state index in [4.69, 9.17) is 10.1 Å². The summed E-state index contributed by atoms with van der Waals surface area (Å²) in [7, 11) is 1.35. The van der Waals surface area contributed by atoms with Crippen molar-refractivity contribution in [1.82, 2.24) is 5.48 Å². The lowest BCUT2D eigenvalue weighted by Crippen LogP contribution is -2.05. The normalized spacial score (nSPS) is 14.0. The first-order chi connectivity index (χ1) is 8.74. The number of nitrogens with one attached hydrogen (secondary N) is 1. The molecule has 2 rings (SSSR count). The molecule has 18 heavy (non-hydrogen) atoms. The van der Waals surface area contributed by atoms with Gasteiger partial charge in [-0.2, -0.15) is 5.26 Å². The largest absolute Gasteiger partial charge is 0.469 e. The number of hydrogen-bond acceptors (Lipinski definition) is 5. The fourth-order valence-corrected chi connectivity index (χ4v) is 1.73. The van der Waals surface area contributed by atoms with Crippen LogP contribution in [-0.2, 0) is 14.4 Å². The van der Waals surface area contributed by atoms with Crippen molar-refractivity contribution in [3.8, 4) is 6.07 Å². The van der Waals surface area contributed by atoms with Crippen LogP contribution in [0.1, 0.15) is 17.5 Å². The monoisotopic (exact) mass is 244 g/mol. The molecule has 5 heteroatoms. The highest BCUT2D eigenvalue weighted by Gasteiger charge is 2.19. The van der Waals surface area contributed by atoms with E-state index in [0.29, 0.717) is 12.2 Å². The molecule has 0 atom stereocenters. The molecule has 0 radical (unpaired) electrons. The molecule has 5 nitrogen and oxygen atoms in total. The van der Waals surface area contributed by atoms with Gasteiger partial charge in [0.1, 0.15) is 0 Å². The summed E-state index contributed by atoms with van der Waals surface area (Å²) in [6.07, 6.45) is 0.176. The number of rotatable bonds is 3. The number of hydroxylamine groups is 1. The number of nitriles is 1. The molecule has 1 aromatic carbocycles. The van der Waals surface area contributed by atoms with Crippen LogP contribution in [0.5, 0.6) is 0 Å². The molecule has 1 N–H and O–H groups in total. The Kier molecular flexibility index (Phi) is 3.60. The van der Waals surface area contributed by atoms with Crippen LogP contribution in [0, 0.1) is 11.3 Å².